The van der Waals surface area contributed by atoms with E-state index < -0.39 is 22.5 Å². The molecule has 202 valence electrons. The molecule has 1 N–H and O–H groups in total. The van der Waals surface area contributed by atoms with Crippen LogP contribution in [-0.2, 0) is 14.8 Å². The number of nitrogens with zero attached hydrogens (tertiary/aromatic N) is 1. The number of amides is 1. The SMILES string of the molecule is COc1ccc(N(CC(=O)Nc2ccc(Oc3ccccc3)cc2)S(=O)(=O)c2ccc(OC)c(OC)c2)cc1. The van der Waals surface area contributed by atoms with Crippen molar-refractivity contribution in [2.45, 2.75) is 4.90 Å². The Morgan fingerprint density at radius 2 is 1.33 bits per heavy atom. The number of rotatable bonds is 11. The van der Waals surface area contributed by atoms with E-state index in [1.807, 2.05) is 30.3 Å². The van der Waals surface area contributed by atoms with Gasteiger partial charge >= 0.3 is 0 Å². The van der Waals surface area contributed by atoms with Crippen LogP contribution in [0.1, 0.15) is 0 Å². The Morgan fingerprint density at radius 3 is 1.95 bits per heavy atom. The van der Waals surface area contributed by atoms with E-state index in [2.05, 4.69) is 5.32 Å². The summed E-state index contributed by atoms with van der Waals surface area (Å²) in [4.78, 5) is 13.0. The molecule has 9 nitrogen and oxygen atoms in total. The van der Waals surface area contributed by atoms with Crippen molar-refractivity contribution in [1.82, 2.24) is 0 Å². The van der Waals surface area contributed by atoms with Crippen LogP contribution in [0.25, 0.3) is 0 Å². The number of carbonyl (C=O) groups excluding carboxylic acids is 1. The molecule has 0 aromatic heterocycles. The van der Waals surface area contributed by atoms with Crippen LogP contribution in [0.5, 0.6) is 28.7 Å². The molecule has 0 atom stereocenters. The van der Waals surface area contributed by atoms with Crippen LogP contribution < -0.4 is 28.6 Å². The van der Waals surface area contributed by atoms with Crippen LogP contribution in [-0.4, -0.2) is 42.2 Å². The number of anilines is 2. The number of methoxy groups -OCH3 is 3. The fourth-order valence-corrected chi connectivity index (χ4v) is 5.17. The molecule has 1 amide bonds. The second-order valence-corrected chi connectivity index (χ2v) is 10.1. The highest BCUT2D eigenvalue weighted by Crippen LogP contribution is 2.33. The second kappa shape index (κ2) is 12.2. The third kappa shape index (κ3) is 6.60. The lowest BCUT2D eigenvalue weighted by atomic mass is 10.3. The first-order chi connectivity index (χ1) is 18.8. The van der Waals surface area contributed by atoms with Gasteiger partial charge in [-0.15, -0.1) is 0 Å². The van der Waals surface area contributed by atoms with Crippen LogP contribution >= 0.6 is 0 Å². The molecule has 0 heterocycles. The number of para-hydroxylation sites is 1. The van der Waals surface area contributed by atoms with Crippen LogP contribution in [0.2, 0.25) is 0 Å². The molecule has 0 unspecified atom stereocenters. The summed E-state index contributed by atoms with van der Waals surface area (Å²) in [6.07, 6.45) is 0. The first-order valence-corrected chi connectivity index (χ1v) is 13.3. The number of hydrogen-bond donors (Lipinski definition) is 1. The van der Waals surface area contributed by atoms with Gasteiger partial charge in [0.25, 0.3) is 10.0 Å². The van der Waals surface area contributed by atoms with E-state index in [9.17, 15) is 13.2 Å². The summed E-state index contributed by atoms with van der Waals surface area (Å²) < 4.78 is 50.0. The molecule has 0 fully saturated rings. The minimum absolute atomic E-state index is 0.0637. The van der Waals surface area contributed by atoms with Crippen LogP contribution in [0, 0.1) is 0 Å². The summed E-state index contributed by atoms with van der Waals surface area (Å²) in [6, 6.07) is 26.7. The highest BCUT2D eigenvalue weighted by atomic mass is 32.2. The van der Waals surface area contributed by atoms with E-state index in [1.54, 1.807) is 48.5 Å². The molecule has 0 aliphatic heterocycles. The van der Waals surface area contributed by atoms with E-state index in [-0.39, 0.29) is 16.3 Å². The quantitative estimate of drug-likeness (QED) is 0.270. The van der Waals surface area contributed by atoms with Crippen molar-refractivity contribution in [3.8, 4) is 28.7 Å². The summed E-state index contributed by atoms with van der Waals surface area (Å²) >= 11 is 0. The number of nitrogens with one attached hydrogen (secondary N) is 1. The van der Waals surface area contributed by atoms with Gasteiger partial charge in [-0.1, -0.05) is 18.2 Å². The zero-order valence-corrected chi connectivity index (χ0v) is 22.5. The third-order valence-electron chi connectivity index (χ3n) is 5.71. The molecule has 0 aliphatic rings. The van der Waals surface area contributed by atoms with Crippen molar-refractivity contribution in [3.05, 3.63) is 97.1 Å². The van der Waals surface area contributed by atoms with Gasteiger partial charge in [0.15, 0.2) is 11.5 Å². The van der Waals surface area contributed by atoms with Gasteiger partial charge in [0.05, 0.1) is 31.9 Å². The molecule has 0 radical (unpaired) electrons. The van der Waals surface area contributed by atoms with Crippen LogP contribution in [0.4, 0.5) is 11.4 Å². The van der Waals surface area contributed by atoms with Gasteiger partial charge in [0.1, 0.15) is 23.8 Å². The van der Waals surface area contributed by atoms with Gasteiger partial charge in [-0.25, -0.2) is 8.42 Å². The van der Waals surface area contributed by atoms with E-state index in [0.717, 1.165) is 4.31 Å². The predicted molar refractivity (Wildman–Crippen MR) is 149 cm³/mol. The number of sulfonamides is 1. The lowest BCUT2D eigenvalue weighted by Gasteiger charge is -2.24. The maximum Gasteiger partial charge on any atom is 0.264 e. The zero-order valence-electron chi connectivity index (χ0n) is 21.7. The lowest BCUT2D eigenvalue weighted by molar-refractivity contribution is -0.114. The summed E-state index contributed by atoms with van der Waals surface area (Å²) in [6.45, 7) is -0.481. The Hall–Kier alpha value is -4.70. The Morgan fingerprint density at radius 1 is 0.718 bits per heavy atom. The van der Waals surface area contributed by atoms with Gasteiger partial charge < -0.3 is 24.3 Å². The molecule has 4 aromatic rings. The highest BCUT2D eigenvalue weighted by molar-refractivity contribution is 7.92. The van der Waals surface area contributed by atoms with Crippen molar-refractivity contribution in [2.75, 3.05) is 37.5 Å². The maximum atomic E-state index is 13.8. The molecule has 0 saturated heterocycles. The van der Waals surface area contributed by atoms with Gasteiger partial charge in [-0.05, 0) is 72.8 Å². The lowest BCUT2D eigenvalue weighted by Crippen LogP contribution is -2.38. The summed E-state index contributed by atoms with van der Waals surface area (Å²) in [5.74, 6) is 1.91. The van der Waals surface area contributed by atoms with Gasteiger partial charge in [0, 0.05) is 11.8 Å². The Bertz CT molecular complexity index is 1510. The average molecular weight is 549 g/mol. The molecule has 0 aliphatic carbocycles. The van der Waals surface area contributed by atoms with Gasteiger partial charge in [0.2, 0.25) is 5.91 Å². The molecule has 10 heteroatoms. The number of hydrogen-bond acceptors (Lipinski definition) is 7. The average Bonchev–Trinajstić information content (AvgIpc) is 2.97. The van der Waals surface area contributed by atoms with E-state index in [4.69, 9.17) is 18.9 Å². The smallest absolute Gasteiger partial charge is 0.264 e. The molecular formula is C29H28N2O7S. The van der Waals surface area contributed by atoms with E-state index >= 15 is 0 Å². The summed E-state index contributed by atoms with van der Waals surface area (Å²) in [5, 5.41) is 2.75. The van der Waals surface area contributed by atoms with Crippen molar-refractivity contribution >= 4 is 27.3 Å². The van der Waals surface area contributed by atoms with E-state index in [0.29, 0.717) is 28.7 Å². The predicted octanol–water partition coefficient (Wildman–Crippen LogP) is 5.34. The maximum absolute atomic E-state index is 13.8. The van der Waals surface area contributed by atoms with Crippen molar-refractivity contribution < 1.29 is 32.2 Å². The molecule has 0 saturated carbocycles. The van der Waals surface area contributed by atoms with Crippen molar-refractivity contribution in [1.29, 1.82) is 0 Å². The minimum Gasteiger partial charge on any atom is -0.497 e. The summed E-state index contributed by atoms with van der Waals surface area (Å²) in [7, 11) is 0.201. The Labute approximate surface area is 227 Å². The van der Waals surface area contributed by atoms with Gasteiger partial charge in [-0.3, -0.25) is 9.10 Å². The van der Waals surface area contributed by atoms with Crippen molar-refractivity contribution in [2.24, 2.45) is 0 Å². The van der Waals surface area contributed by atoms with Gasteiger partial charge in [-0.2, -0.15) is 0 Å². The molecule has 0 bridgehead atoms. The highest BCUT2D eigenvalue weighted by Gasteiger charge is 2.28. The molecule has 0 spiro atoms. The molecule has 39 heavy (non-hydrogen) atoms. The van der Waals surface area contributed by atoms with Crippen molar-refractivity contribution in [3.63, 3.8) is 0 Å². The molecule has 4 rings (SSSR count). The largest absolute Gasteiger partial charge is 0.497 e. The molecule has 4 aromatic carbocycles. The minimum atomic E-state index is -4.18. The number of benzene rings is 4. The monoisotopic (exact) mass is 548 g/mol. The second-order valence-electron chi connectivity index (χ2n) is 8.21. The molecular weight excluding hydrogens is 520 g/mol. The number of ether oxygens (including phenoxy) is 4. The topological polar surface area (TPSA) is 103 Å². The van der Waals surface area contributed by atoms with Crippen LogP contribution in [0.15, 0.2) is 102 Å². The third-order valence-corrected chi connectivity index (χ3v) is 7.48. The first-order valence-electron chi connectivity index (χ1n) is 11.9. The fraction of sp³-hybridized carbons (Fsp3) is 0.138. The van der Waals surface area contributed by atoms with Crippen LogP contribution in [0.3, 0.4) is 0 Å². The summed E-state index contributed by atoms with van der Waals surface area (Å²) in [5.41, 5.74) is 0.769. The Kier molecular flexibility index (Phi) is 8.57. The standard InChI is InChI=1S/C29H28N2O7S/c1-35-23-15-11-22(12-16-23)31(39(33,34)26-17-18-27(36-2)28(19-26)37-3)20-29(32)30-21-9-13-25(14-10-21)38-24-7-5-4-6-8-24/h4-19H,20H2,1-3H3,(H,30,32). The normalized spacial score (nSPS) is 10.8. The Balaban J connectivity index is 1.57. The van der Waals surface area contributed by atoms with E-state index in [1.165, 1.54) is 39.5 Å². The fourth-order valence-electron chi connectivity index (χ4n) is 3.73. The number of carbonyl (C=O) groups is 1. The zero-order chi connectivity index (χ0) is 27.8. The first kappa shape index (κ1) is 27.3.